The second-order valence-electron chi connectivity index (χ2n) is 3.90. The molecule has 0 bridgehead atoms. The van der Waals surface area contributed by atoms with E-state index in [1.165, 1.54) is 6.07 Å². The van der Waals surface area contributed by atoms with Gasteiger partial charge in [0.1, 0.15) is 5.82 Å². The summed E-state index contributed by atoms with van der Waals surface area (Å²) >= 11 is 0. The van der Waals surface area contributed by atoms with E-state index < -0.39 is 0 Å². The minimum absolute atomic E-state index is 0.175. The zero-order chi connectivity index (χ0) is 10.5. The van der Waals surface area contributed by atoms with Gasteiger partial charge in [0, 0.05) is 19.7 Å². The first kappa shape index (κ1) is 10.6. The van der Waals surface area contributed by atoms with Gasteiger partial charge >= 0.3 is 0 Å². The number of nitrogens with one attached hydrogen (secondary N) is 1. The Morgan fingerprint density at radius 2 is 2.40 bits per heavy atom. The zero-order valence-electron chi connectivity index (χ0n) is 8.71. The molecule has 0 aromatic heterocycles. The van der Waals surface area contributed by atoms with Crippen LogP contribution in [0.1, 0.15) is 18.4 Å². The first-order valence-corrected chi connectivity index (χ1v) is 5.41. The summed E-state index contributed by atoms with van der Waals surface area (Å²) in [6.45, 7) is 2.44. The zero-order valence-corrected chi connectivity index (χ0v) is 8.71. The molecule has 1 aromatic carbocycles. The smallest absolute Gasteiger partial charge is 0.123 e. The van der Waals surface area contributed by atoms with E-state index in [-0.39, 0.29) is 5.82 Å². The molecule has 1 aromatic rings. The molecule has 1 saturated heterocycles. The Bertz CT molecular complexity index is 310. The molecule has 1 N–H and O–H groups in total. The van der Waals surface area contributed by atoms with Crippen LogP contribution in [0.2, 0.25) is 0 Å². The largest absolute Gasteiger partial charge is 0.377 e. The molecular weight excluding hydrogens is 193 g/mol. The Kier molecular flexibility index (Phi) is 3.69. The number of hydrogen-bond acceptors (Lipinski definition) is 2. The van der Waals surface area contributed by atoms with Crippen molar-refractivity contribution in [1.29, 1.82) is 0 Å². The average molecular weight is 209 g/mol. The molecule has 0 radical (unpaired) electrons. The predicted molar refractivity (Wildman–Crippen MR) is 57.1 cm³/mol. The summed E-state index contributed by atoms with van der Waals surface area (Å²) in [5.41, 5.74) is 0.980. The van der Waals surface area contributed by atoms with Crippen LogP contribution in [0, 0.1) is 5.82 Å². The molecule has 0 amide bonds. The van der Waals surface area contributed by atoms with Crippen LogP contribution in [0.4, 0.5) is 4.39 Å². The summed E-state index contributed by atoms with van der Waals surface area (Å²) in [5.74, 6) is -0.175. The highest BCUT2D eigenvalue weighted by atomic mass is 19.1. The van der Waals surface area contributed by atoms with E-state index in [0.29, 0.717) is 12.6 Å². The fourth-order valence-electron chi connectivity index (χ4n) is 1.83. The maximum absolute atomic E-state index is 12.8. The minimum Gasteiger partial charge on any atom is -0.377 e. The summed E-state index contributed by atoms with van der Waals surface area (Å²) in [4.78, 5) is 0. The standard InChI is InChI=1S/C12H16FNO/c13-11-4-1-3-10(7-11)8-14-9-12-5-2-6-15-12/h1,3-4,7,12,14H,2,5-6,8-9H2/t12-/m1/s1. The lowest BCUT2D eigenvalue weighted by Gasteiger charge is -2.10. The number of benzene rings is 1. The van der Waals surface area contributed by atoms with Crippen molar-refractivity contribution in [1.82, 2.24) is 5.32 Å². The molecule has 0 unspecified atom stereocenters. The van der Waals surface area contributed by atoms with Gasteiger partial charge in [-0.15, -0.1) is 0 Å². The molecule has 0 aliphatic carbocycles. The third-order valence-corrected chi connectivity index (χ3v) is 2.61. The van der Waals surface area contributed by atoms with Crippen molar-refractivity contribution in [2.75, 3.05) is 13.2 Å². The van der Waals surface area contributed by atoms with E-state index in [2.05, 4.69) is 5.32 Å². The monoisotopic (exact) mass is 209 g/mol. The summed E-state index contributed by atoms with van der Waals surface area (Å²) in [6, 6.07) is 6.68. The van der Waals surface area contributed by atoms with Crippen molar-refractivity contribution in [3.63, 3.8) is 0 Å². The van der Waals surface area contributed by atoms with Crippen molar-refractivity contribution in [3.05, 3.63) is 35.6 Å². The first-order chi connectivity index (χ1) is 7.34. The minimum atomic E-state index is -0.175. The summed E-state index contributed by atoms with van der Waals surface area (Å²) in [7, 11) is 0. The third-order valence-electron chi connectivity index (χ3n) is 2.61. The van der Waals surface area contributed by atoms with Crippen LogP contribution in [-0.2, 0) is 11.3 Å². The van der Waals surface area contributed by atoms with Crippen LogP contribution in [-0.4, -0.2) is 19.3 Å². The fraction of sp³-hybridized carbons (Fsp3) is 0.500. The van der Waals surface area contributed by atoms with Gasteiger partial charge in [0.05, 0.1) is 6.10 Å². The molecule has 1 fully saturated rings. The SMILES string of the molecule is Fc1cccc(CNC[C@H]2CCCO2)c1. The van der Waals surface area contributed by atoms with Crippen molar-refractivity contribution in [2.45, 2.75) is 25.5 Å². The molecule has 15 heavy (non-hydrogen) atoms. The number of halogens is 1. The quantitative estimate of drug-likeness (QED) is 0.820. The van der Waals surface area contributed by atoms with E-state index in [0.717, 1.165) is 31.6 Å². The third kappa shape index (κ3) is 3.29. The van der Waals surface area contributed by atoms with E-state index in [9.17, 15) is 4.39 Å². The van der Waals surface area contributed by atoms with Crippen molar-refractivity contribution < 1.29 is 9.13 Å². The van der Waals surface area contributed by atoms with E-state index in [1.54, 1.807) is 12.1 Å². The topological polar surface area (TPSA) is 21.3 Å². The van der Waals surface area contributed by atoms with Crippen LogP contribution in [0.15, 0.2) is 24.3 Å². The van der Waals surface area contributed by atoms with E-state index >= 15 is 0 Å². The molecule has 0 saturated carbocycles. The number of hydrogen-bond donors (Lipinski definition) is 1. The van der Waals surface area contributed by atoms with Gasteiger partial charge < -0.3 is 10.1 Å². The lowest BCUT2D eigenvalue weighted by atomic mass is 10.2. The van der Waals surface area contributed by atoms with Gasteiger partial charge in [0.15, 0.2) is 0 Å². The van der Waals surface area contributed by atoms with E-state index in [1.807, 2.05) is 6.07 Å². The van der Waals surface area contributed by atoms with Gasteiger partial charge in [-0.2, -0.15) is 0 Å². The second kappa shape index (κ2) is 5.24. The first-order valence-electron chi connectivity index (χ1n) is 5.41. The van der Waals surface area contributed by atoms with Crippen molar-refractivity contribution in [3.8, 4) is 0 Å². The molecule has 1 heterocycles. The molecule has 1 atom stereocenters. The highest BCUT2D eigenvalue weighted by Gasteiger charge is 2.14. The Morgan fingerprint density at radius 1 is 1.47 bits per heavy atom. The molecule has 2 rings (SSSR count). The summed E-state index contributed by atoms with van der Waals surface area (Å²) < 4.78 is 18.3. The second-order valence-corrected chi connectivity index (χ2v) is 3.90. The van der Waals surface area contributed by atoms with Gasteiger partial charge in [-0.05, 0) is 30.5 Å². The lowest BCUT2D eigenvalue weighted by molar-refractivity contribution is 0.110. The van der Waals surface area contributed by atoms with Gasteiger partial charge in [-0.25, -0.2) is 4.39 Å². The summed E-state index contributed by atoms with van der Waals surface area (Å²) in [6.07, 6.45) is 2.64. The Hall–Kier alpha value is -0.930. The molecule has 3 heteroatoms. The van der Waals surface area contributed by atoms with Crippen LogP contribution in [0.3, 0.4) is 0 Å². The molecular formula is C12H16FNO. The van der Waals surface area contributed by atoms with Gasteiger partial charge in [0.2, 0.25) is 0 Å². The normalized spacial score (nSPS) is 20.7. The highest BCUT2D eigenvalue weighted by molar-refractivity contribution is 5.15. The lowest BCUT2D eigenvalue weighted by Crippen LogP contribution is -2.25. The summed E-state index contributed by atoms with van der Waals surface area (Å²) in [5, 5.41) is 3.28. The fourth-order valence-corrected chi connectivity index (χ4v) is 1.83. The van der Waals surface area contributed by atoms with E-state index in [4.69, 9.17) is 4.74 Å². The van der Waals surface area contributed by atoms with Gasteiger partial charge in [0.25, 0.3) is 0 Å². The predicted octanol–water partition coefficient (Wildman–Crippen LogP) is 2.09. The Balaban J connectivity index is 1.73. The molecule has 82 valence electrons. The van der Waals surface area contributed by atoms with Crippen LogP contribution >= 0.6 is 0 Å². The number of ether oxygens (including phenoxy) is 1. The highest BCUT2D eigenvalue weighted by Crippen LogP contribution is 2.11. The molecule has 2 nitrogen and oxygen atoms in total. The maximum Gasteiger partial charge on any atom is 0.123 e. The maximum atomic E-state index is 12.8. The van der Waals surface area contributed by atoms with Gasteiger partial charge in [-0.1, -0.05) is 12.1 Å². The van der Waals surface area contributed by atoms with Crippen LogP contribution in [0.5, 0.6) is 0 Å². The molecule has 0 spiro atoms. The van der Waals surface area contributed by atoms with Crippen LogP contribution < -0.4 is 5.32 Å². The van der Waals surface area contributed by atoms with Gasteiger partial charge in [-0.3, -0.25) is 0 Å². The Morgan fingerprint density at radius 3 is 3.13 bits per heavy atom. The molecule has 1 aliphatic rings. The number of rotatable bonds is 4. The average Bonchev–Trinajstić information content (AvgIpc) is 2.71. The van der Waals surface area contributed by atoms with Crippen molar-refractivity contribution >= 4 is 0 Å². The van der Waals surface area contributed by atoms with Crippen molar-refractivity contribution in [2.24, 2.45) is 0 Å². The Labute approximate surface area is 89.4 Å². The van der Waals surface area contributed by atoms with Crippen LogP contribution in [0.25, 0.3) is 0 Å². The molecule has 1 aliphatic heterocycles.